The number of hydrogen-bond donors (Lipinski definition) is 3. The molecule has 0 amide bonds. The molecule has 2 atom stereocenters. The van der Waals surface area contributed by atoms with Crippen LogP contribution in [-0.4, -0.2) is 43.7 Å². The molecule has 0 saturated carbocycles. The number of aromatic amines is 1. The summed E-state index contributed by atoms with van der Waals surface area (Å²) >= 11 is 5.94. The number of likely N-dealkylation sites (tertiary alicyclic amines) is 1. The second kappa shape index (κ2) is 9.72. The number of anilines is 2. The number of H-pyrrole nitrogens is 1. The molecule has 4 rings (SSSR count). The van der Waals surface area contributed by atoms with E-state index in [0.29, 0.717) is 49.6 Å². The van der Waals surface area contributed by atoms with Gasteiger partial charge in [-0.25, -0.2) is 9.37 Å². The molecular formula is C25H29ClFN5O2. The molecule has 180 valence electrons. The molecule has 7 nitrogen and oxygen atoms in total. The summed E-state index contributed by atoms with van der Waals surface area (Å²) in [7, 11) is 0. The molecule has 0 radical (unpaired) electrons. The van der Waals surface area contributed by atoms with Crippen LogP contribution in [-0.2, 0) is 17.8 Å². The van der Waals surface area contributed by atoms with Gasteiger partial charge in [-0.3, -0.25) is 14.8 Å². The highest BCUT2D eigenvalue weighted by atomic mass is 35.5. The predicted molar refractivity (Wildman–Crippen MR) is 130 cm³/mol. The highest BCUT2D eigenvalue weighted by molar-refractivity contribution is 6.30. The molecule has 0 aliphatic carbocycles. The molecule has 1 aliphatic rings. The molecular weight excluding hydrogens is 457 g/mol. The van der Waals surface area contributed by atoms with Crippen LogP contribution in [0.5, 0.6) is 0 Å². The number of aryl methyl sites for hydroxylation is 2. The predicted octanol–water partition coefficient (Wildman–Crippen LogP) is 5.26. The van der Waals surface area contributed by atoms with Crippen LogP contribution >= 0.6 is 11.6 Å². The van der Waals surface area contributed by atoms with Crippen LogP contribution in [0.15, 0.2) is 36.4 Å². The van der Waals surface area contributed by atoms with Gasteiger partial charge in [0.25, 0.3) is 0 Å². The van der Waals surface area contributed by atoms with Crippen LogP contribution in [0.4, 0.5) is 16.0 Å². The quantitative estimate of drug-likeness (QED) is 0.423. The minimum absolute atomic E-state index is 0.0446. The Morgan fingerprint density at radius 3 is 2.79 bits per heavy atom. The van der Waals surface area contributed by atoms with Crippen molar-refractivity contribution in [1.82, 2.24) is 20.1 Å². The first kappa shape index (κ1) is 24.2. The van der Waals surface area contributed by atoms with Crippen molar-refractivity contribution in [3.8, 4) is 0 Å². The maximum Gasteiger partial charge on any atom is 0.310 e. The van der Waals surface area contributed by atoms with E-state index in [-0.39, 0.29) is 11.1 Å². The van der Waals surface area contributed by atoms with Gasteiger partial charge in [0.2, 0.25) is 0 Å². The zero-order chi connectivity index (χ0) is 24.5. The Hall–Kier alpha value is -2.97. The second-order valence-electron chi connectivity index (χ2n) is 9.27. The maximum absolute atomic E-state index is 14.4. The lowest BCUT2D eigenvalue weighted by Crippen LogP contribution is -2.49. The number of carboxylic acids is 1. The van der Waals surface area contributed by atoms with Crippen molar-refractivity contribution in [3.63, 3.8) is 0 Å². The summed E-state index contributed by atoms with van der Waals surface area (Å²) < 4.78 is 14.4. The second-order valence-corrected chi connectivity index (χ2v) is 9.68. The van der Waals surface area contributed by atoms with E-state index < -0.39 is 17.2 Å². The van der Waals surface area contributed by atoms with E-state index in [1.807, 2.05) is 39.0 Å². The summed E-state index contributed by atoms with van der Waals surface area (Å²) in [6.45, 7) is 6.79. The summed E-state index contributed by atoms with van der Waals surface area (Å²) in [6, 6.07) is 10.6. The Morgan fingerprint density at radius 1 is 1.32 bits per heavy atom. The van der Waals surface area contributed by atoms with E-state index in [9.17, 15) is 14.3 Å². The minimum atomic E-state index is -0.942. The normalized spacial score (nSPS) is 20.9. The molecule has 1 aliphatic heterocycles. The molecule has 34 heavy (non-hydrogen) atoms. The lowest BCUT2D eigenvalue weighted by molar-refractivity contribution is -0.153. The number of nitrogens with one attached hydrogen (secondary N) is 2. The Balaban J connectivity index is 1.52. The molecule has 3 heterocycles. The summed E-state index contributed by atoms with van der Waals surface area (Å²) in [6.07, 6.45) is 1.22. The summed E-state index contributed by atoms with van der Waals surface area (Å²) in [5.41, 5.74) is 2.20. The number of hydrogen-bond acceptors (Lipinski definition) is 5. The van der Waals surface area contributed by atoms with E-state index in [1.54, 1.807) is 12.1 Å². The Morgan fingerprint density at radius 2 is 2.12 bits per heavy atom. The molecule has 0 bridgehead atoms. The van der Waals surface area contributed by atoms with Gasteiger partial charge in [-0.2, -0.15) is 5.10 Å². The number of benzene rings is 1. The monoisotopic (exact) mass is 485 g/mol. The van der Waals surface area contributed by atoms with Gasteiger partial charge < -0.3 is 10.4 Å². The third kappa shape index (κ3) is 5.08. The first-order chi connectivity index (χ1) is 16.2. The van der Waals surface area contributed by atoms with Gasteiger partial charge >= 0.3 is 5.97 Å². The van der Waals surface area contributed by atoms with Gasteiger partial charge in [-0.05, 0) is 57.9 Å². The van der Waals surface area contributed by atoms with E-state index in [4.69, 9.17) is 16.6 Å². The topological polar surface area (TPSA) is 94.1 Å². The van der Waals surface area contributed by atoms with Gasteiger partial charge in [0.05, 0.1) is 10.4 Å². The van der Waals surface area contributed by atoms with Crippen LogP contribution in [0.25, 0.3) is 0 Å². The van der Waals surface area contributed by atoms with Crippen LogP contribution in [0, 0.1) is 25.1 Å². The number of piperidine rings is 1. The number of pyridine rings is 1. The summed E-state index contributed by atoms with van der Waals surface area (Å²) in [5.74, 6) is 0.0376. The summed E-state index contributed by atoms with van der Waals surface area (Å²) in [5, 5.41) is 20.6. The number of aliphatic carboxylic acids is 1. The van der Waals surface area contributed by atoms with Crippen molar-refractivity contribution in [2.75, 3.05) is 11.9 Å². The zero-order valence-electron chi connectivity index (χ0n) is 19.5. The van der Waals surface area contributed by atoms with Crippen molar-refractivity contribution >= 4 is 29.2 Å². The van der Waals surface area contributed by atoms with Crippen molar-refractivity contribution in [2.24, 2.45) is 5.41 Å². The summed E-state index contributed by atoms with van der Waals surface area (Å²) in [4.78, 5) is 19.4. The van der Waals surface area contributed by atoms with Crippen LogP contribution in [0.2, 0.25) is 5.02 Å². The van der Waals surface area contributed by atoms with E-state index >= 15 is 0 Å². The number of nitrogens with zero attached hydrogens (tertiary/aromatic N) is 3. The average molecular weight is 486 g/mol. The van der Waals surface area contributed by atoms with Crippen molar-refractivity contribution in [3.05, 3.63) is 69.8 Å². The average Bonchev–Trinajstić information content (AvgIpc) is 3.20. The van der Waals surface area contributed by atoms with Crippen LogP contribution < -0.4 is 5.32 Å². The molecule has 3 N–H and O–H groups in total. The molecule has 3 aromatic rings. The fourth-order valence-corrected chi connectivity index (χ4v) is 4.88. The smallest absolute Gasteiger partial charge is 0.310 e. The van der Waals surface area contributed by atoms with Crippen LogP contribution in [0.1, 0.15) is 42.3 Å². The van der Waals surface area contributed by atoms with Gasteiger partial charge in [0.1, 0.15) is 11.6 Å². The SMILES string of the molecule is Cc1cc(Nc2ccc(C)c(C[C@@]3(C(=O)O)CCN(Cc4cccc(Cl)c4F)[C@H](C)C3)n2)n[nH]1. The third-order valence-electron chi connectivity index (χ3n) is 6.72. The number of aromatic nitrogens is 3. The number of rotatable bonds is 7. The molecule has 0 unspecified atom stereocenters. The van der Waals surface area contributed by atoms with Crippen LogP contribution in [0.3, 0.4) is 0 Å². The first-order valence-electron chi connectivity index (χ1n) is 11.3. The maximum atomic E-state index is 14.4. The Labute approximate surface area is 203 Å². The Kier molecular flexibility index (Phi) is 6.91. The van der Waals surface area contributed by atoms with Gasteiger partial charge in [-0.15, -0.1) is 0 Å². The molecule has 9 heteroatoms. The van der Waals surface area contributed by atoms with E-state index in [2.05, 4.69) is 20.4 Å². The van der Waals surface area contributed by atoms with Gasteiger partial charge in [0.15, 0.2) is 5.82 Å². The fourth-order valence-electron chi connectivity index (χ4n) is 4.68. The van der Waals surface area contributed by atoms with E-state index in [0.717, 1.165) is 17.0 Å². The molecule has 1 fully saturated rings. The molecule has 1 aromatic carbocycles. The van der Waals surface area contributed by atoms with Crippen molar-refractivity contribution < 1.29 is 14.3 Å². The van der Waals surface area contributed by atoms with E-state index in [1.165, 1.54) is 6.07 Å². The fraction of sp³-hybridized carbons (Fsp3) is 0.400. The molecule has 1 saturated heterocycles. The first-order valence-corrected chi connectivity index (χ1v) is 11.7. The molecule has 0 spiro atoms. The number of halogens is 2. The number of carboxylic acid groups (broad SMARTS) is 1. The van der Waals surface area contributed by atoms with Gasteiger partial charge in [-0.1, -0.05) is 29.8 Å². The third-order valence-corrected chi connectivity index (χ3v) is 7.01. The zero-order valence-corrected chi connectivity index (χ0v) is 20.3. The number of carbonyl (C=O) groups is 1. The standard InChI is InChI=1S/C25H29ClFN5O2/c1-15-7-8-21(29-22-11-16(2)30-31-22)28-20(15)13-25(24(33)34)9-10-32(17(3)12-25)14-18-5-4-6-19(26)23(18)27/h4-8,11,17H,9-10,12-14H2,1-3H3,(H,33,34)(H2,28,29,30,31)/t17-,25-/m1/s1. The highest BCUT2D eigenvalue weighted by Crippen LogP contribution is 2.39. The minimum Gasteiger partial charge on any atom is -0.481 e. The largest absolute Gasteiger partial charge is 0.481 e. The lowest BCUT2D eigenvalue weighted by Gasteiger charge is -2.43. The lowest BCUT2D eigenvalue weighted by atomic mass is 9.72. The van der Waals surface area contributed by atoms with Crippen molar-refractivity contribution in [1.29, 1.82) is 0 Å². The van der Waals surface area contributed by atoms with Gasteiger partial charge in [0, 0.05) is 42.0 Å². The highest BCUT2D eigenvalue weighted by Gasteiger charge is 2.45. The van der Waals surface area contributed by atoms with Crippen molar-refractivity contribution in [2.45, 2.75) is 52.6 Å². The Bertz CT molecular complexity index is 1200. The molecule has 2 aromatic heterocycles.